The van der Waals surface area contributed by atoms with E-state index in [-0.39, 0.29) is 23.9 Å². The van der Waals surface area contributed by atoms with Crippen molar-refractivity contribution >= 4 is 46.2 Å². The summed E-state index contributed by atoms with van der Waals surface area (Å²) in [5, 5.41) is 7.81. The van der Waals surface area contributed by atoms with E-state index >= 15 is 0 Å². The van der Waals surface area contributed by atoms with Crippen molar-refractivity contribution in [3.05, 3.63) is 100 Å². The maximum absolute atomic E-state index is 12.4. The Morgan fingerprint density at radius 3 is 2.54 bits per heavy atom. The minimum Gasteiger partial charge on any atom is -0.495 e. The molecule has 3 heterocycles. The highest BCUT2D eigenvalue weighted by atomic mass is 35.5. The number of carbonyl (C=O) groups excluding carboxylic acids is 1. The van der Waals surface area contributed by atoms with Crippen LogP contribution in [0.25, 0.3) is 5.69 Å². The van der Waals surface area contributed by atoms with Crippen LogP contribution in [0.4, 0.5) is 11.4 Å². The van der Waals surface area contributed by atoms with E-state index in [1.54, 1.807) is 13.3 Å². The molecule has 0 aliphatic carbocycles. The van der Waals surface area contributed by atoms with Crippen molar-refractivity contribution in [3.8, 4) is 11.4 Å². The number of aryl methyl sites for hydroxylation is 2. The second-order valence-corrected chi connectivity index (χ2v) is 11.4. The number of nitrogens with one attached hydrogen (secondary N) is 2. The fraction of sp³-hybridized carbons (Fsp3) is 0.281. The molecule has 1 aliphatic rings. The van der Waals surface area contributed by atoms with Gasteiger partial charge in [-0.3, -0.25) is 9.78 Å². The van der Waals surface area contributed by atoms with Crippen LogP contribution in [-0.2, 0) is 4.79 Å². The van der Waals surface area contributed by atoms with Crippen LogP contribution in [0.2, 0.25) is 5.02 Å². The fourth-order valence-electron chi connectivity index (χ4n) is 5.46. The smallest absolute Gasteiger partial charge is 0.226 e. The Kier molecular flexibility index (Phi) is 8.07. The average Bonchev–Trinajstić information content (AvgIpc) is 3.44. The number of pyridine rings is 1. The molecule has 2 aromatic heterocycles. The Balaban J connectivity index is 1.64. The largest absolute Gasteiger partial charge is 0.495 e. The van der Waals surface area contributed by atoms with Crippen molar-refractivity contribution in [2.45, 2.75) is 46.7 Å². The maximum atomic E-state index is 12.4. The number of hydrogen-bond donors (Lipinski definition) is 2. The van der Waals surface area contributed by atoms with Crippen LogP contribution in [-0.4, -0.2) is 27.7 Å². The predicted molar refractivity (Wildman–Crippen MR) is 169 cm³/mol. The van der Waals surface area contributed by atoms with E-state index in [2.05, 4.69) is 46.1 Å². The zero-order valence-electron chi connectivity index (χ0n) is 24.0. The van der Waals surface area contributed by atoms with Crippen molar-refractivity contribution in [1.29, 1.82) is 0 Å². The van der Waals surface area contributed by atoms with Crippen molar-refractivity contribution in [2.24, 2.45) is 5.92 Å². The van der Waals surface area contributed by atoms with E-state index < -0.39 is 0 Å². The number of amides is 1. The fourth-order valence-corrected chi connectivity index (χ4v) is 5.97. The van der Waals surface area contributed by atoms with Gasteiger partial charge in [-0.25, -0.2) is 0 Å². The number of halogens is 1. The Labute approximate surface area is 251 Å². The van der Waals surface area contributed by atoms with Crippen LogP contribution in [0.1, 0.15) is 54.1 Å². The van der Waals surface area contributed by atoms with Gasteiger partial charge in [0.05, 0.1) is 30.6 Å². The van der Waals surface area contributed by atoms with Gasteiger partial charge in [-0.2, -0.15) is 0 Å². The zero-order chi connectivity index (χ0) is 29.4. The second-order valence-electron chi connectivity index (χ2n) is 10.6. The third-order valence-electron chi connectivity index (χ3n) is 7.54. The zero-order valence-corrected chi connectivity index (χ0v) is 25.6. The predicted octanol–water partition coefficient (Wildman–Crippen LogP) is 7.23. The van der Waals surface area contributed by atoms with E-state index in [0.717, 1.165) is 51.0 Å². The van der Waals surface area contributed by atoms with E-state index in [0.29, 0.717) is 10.1 Å². The molecule has 1 saturated heterocycles. The Bertz CT molecular complexity index is 1620. The van der Waals surface area contributed by atoms with E-state index in [4.69, 9.17) is 33.5 Å². The summed E-state index contributed by atoms with van der Waals surface area (Å²) < 4.78 is 7.87. The molecule has 2 atom stereocenters. The van der Waals surface area contributed by atoms with Crippen molar-refractivity contribution < 1.29 is 9.53 Å². The lowest BCUT2D eigenvalue weighted by atomic mass is 9.96. The molecule has 7 nitrogen and oxygen atoms in total. The van der Waals surface area contributed by atoms with Crippen LogP contribution in [0.3, 0.4) is 0 Å². The van der Waals surface area contributed by atoms with Crippen LogP contribution in [0.15, 0.2) is 66.9 Å². The molecular weight excluding hydrogens is 554 g/mol. The van der Waals surface area contributed by atoms with Crippen molar-refractivity contribution in [3.63, 3.8) is 0 Å². The third kappa shape index (κ3) is 5.42. The molecule has 1 aliphatic heterocycles. The molecular formula is C32H34ClN5O2S. The number of aromatic nitrogens is 2. The summed E-state index contributed by atoms with van der Waals surface area (Å²) in [7, 11) is 1.66. The topological polar surface area (TPSA) is 71.4 Å². The summed E-state index contributed by atoms with van der Waals surface area (Å²) >= 11 is 12.4. The number of carbonyl (C=O) groups is 1. The number of methoxy groups -OCH3 is 1. The summed E-state index contributed by atoms with van der Waals surface area (Å²) in [6.07, 6.45) is 1.80. The Hall–Kier alpha value is -3.88. The molecule has 212 valence electrons. The van der Waals surface area contributed by atoms with Gasteiger partial charge >= 0.3 is 0 Å². The number of anilines is 2. The second kappa shape index (κ2) is 11.5. The molecule has 0 spiro atoms. The molecule has 2 aromatic carbocycles. The minimum atomic E-state index is -0.196. The molecule has 4 aromatic rings. The van der Waals surface area contributed by atoms with Gasteiger partial charge in [-0.15, -0.1) is 0 Å². The van der Waals surface area contributed by atoms with Crippen LogP contribution >= 0.6 is 23.8 Å². The molecule has 0 radical (unpaired) electrons. The SMILES string of the molecule is COc1ccc(Cl)cc1-n1c(C)cc([C@@H]2[C@@H](c3ccccn3)NC(=S)N2c2ccc(NC(=O)C(C)C)c(C)c2)c1C. The van der Waals surface area contributed by atoms with Crippen molar-refractivity contribution in [2.75, 3.05) is 17.3 Å². The lowest BCUT2D eigenvalue weighted by Gasteiger charge is -2.29. The summed E-state index contributed by atoms with van der Waals surface area (Å²) in [5.41, 5.74) is 7.62. The first-order valence-corrected chi connectivity index (χ1v) is 14.3. The Morgan fingerprint density at radius 1 is 1.10 bits per heavy atom. The number of nitrogens with zero attached hydrogens (tertiary/aromatic N) is 3. The average molecular weight is 588 g/mol. The standard InChI is InChI=1S/C32H34ClN5O2S/c1-18(2)31(39)35-25-12-11-23(15-19(25)3)38-30(29(36-32(38)41)26-9-7-8-14-34-26)24-16-20(4)37(21(24)5)27-17-22(33)10-13-28(27)40-6/h7-18,29-30H,1-6H3,(H,35,39)(H,36,41)/t29-,30-/m1/s1. The summed E-state index contributed by atoms with van der Waals surface area (Å²) in [6.45, 7) is 9.94. The molecule has 2 N–H and O–H groups in total. The van der Waals surface area contributed by atoms with Gasteiger partial charge in [0.25, 0.3) is 0 Å². The quantitative estimate of drug-likeness (QED) is 0.222. The van der Waals surface area contributed by atoms with Crippen LogP contribution < -0.4 is 20.3 Å². The summed E-state index contributed by atoms with van der Waals surface area (Å²) in [5.74, 6) is 0.605. The number of hydrogen-bond acceptors (Lipinski definition) is 4. The minimum absolute atomic E-state index is 0.0174. The van der Waals surface area contributed by atoms with Gasteiger partial charge in [0.1, 0.15) is 5.75 Å². The number of benzene rings is 2. The highest BCUT2D eigenvalue weighted by Crippen LogP contribution is 2.45. The molecule has 1 amide bonds. The molecule has 5 rings (SSSR count). The third-order valence-corrected chi connectivity index (χ3v) is 8.09. The van der Waals surface area contributed by atoms with Gasteiger partial charge < -0.3 is 24.8 Å². The molecule has 0 bridgehead atoms. The molecule has 1 fully saturated rings. The van der Waals surface area contributed by atoms with E-state index in [1.807, 2.05) is 69.3 Å². The van der Waals surface area contributed by atoms with Gasteiger partial charge in [-0.1, -0.05) is 31.5 Å². The first-order chi connectivity index (χ1) is 19.6. The monoisotopic (exact) mass is 587 g/mol. The van der Waals surface area contributed by atoms with Gasteiger partial charge in [0.15, 0.2) is 5.11 Å². The normalized spacial score (nSPS) is 16.7. The van der Waals surface area contributed by atoms with Crippen LogP contribution in [0, 0.1) is 26.7 Å². The maximum Gasteiger partial charge on any atom is 0.226 e. The highest BCUT2D eigenvalue weighted by molar-refractivity contribution is 7.80. The number of rotatable bonds is 7. The lowest BCUT2D eigenvalue weighted by molar-refractivity contribution is -0.118. The van der Waals surface area contributed by atoms with E-state index in [1.165, 1.54) is 0 Å². The van der Waals surface area contributed by atoms with Gasteiger partial charge in [0.2, 0.25) is 5.91 Å². The molecule has 9 heteroatoms. The molecule has 0 unspecified atom stereocenters. The highest BCUT2D eigenvalue weighted by Gasteiger charge is 2.42. The summed E-state index contributed by atoms with van der Waals surface area (Å²) in [6, 6.07) is 19.4. The van der Waals surface area contributed by atoms with Gasteiger partial charge in [0, 0.05) is 39.9 Å². The lowest BCUT2D eigenvalue weighted by Crippen LogP contribution is -2.29. The van der Waals surface area contributed by atoms with Crippen molar-refractivity contribution in [1.82, 2.24) is 14.9 Å². The van der Waals surface area contributed by atoms with Gasteiger partial charge in [-0.05, 0) is 98.7 Å². The van der Waals surface area contributed by atoms with Crippen LogP contribution in [0.5, 0.6) is 5.75 Å². The molecule has 0 saturated carbocycles. The molecule has 41 heavy (non-hydrogen) atoms. The first-order valence-electron chi connectivity index (χ1n) is 13.6. The first kappa shape index (κ1) is 28.6. The summed E-state index contributed by atoms with van der Waals surface area (Å²) in [4.78, 5) is 19.2. The number of ether oxygens (including phenoxy) is 1. The number of thiocarbonyl (C=S) groups is 1. The Morgan fingerprint density at radius 2 is 1.88 bits per heavy atom. The van der Waals surface area contributed by atoms with E-state index in [9.17, 15) is 4.79 Å².